The van der Waals surface area contributed by atoms with Gasteiger partial charge in [-0.1, -0.05) is 78.9 Å². The van der Waals surface area contributed by atoms with E-state index in [9.17, 15) is 0 Å². The highest BCUT2D eigenvalue weighted by Gasteiger charge is 2.28. The van der Waals surface area contributed by atoms with Crippen LogP contribution in [0.4, 0.5) is 11.5 Å². The minimum atomic E-state index is 0.199. The average Bonchev–Trinajstić information content (AvgIpc) is 2.96. The molecule has 0 spiro atoms. The van der Waals surface area contributed by atoms with Gasteiger partial charge < -0.3 is 15.4 Å². The van der Waals surface area contributed by atoms with Gasteiger partial charge in [-0.05, 0) is 23.3 Å². The van der Waals surface area contributed by atoms with Crippen LogP contribution < -0.4 is 15.4 Å². The van der Waals surface area contributed by atoms with Crippen LogP contribution in [-0.2, 0) is 0 Å². The predicted octanol–water partition coefficient (Wildman–Crippen LogP) is 5.31. The van der Waals surface area contributed by atoms with Crippen molar-refractivity contribution >= 4 is 22.4 Å². The van der Waals surface area contributed by atoms with Crippen molar-refractivity contribution in [3.8, 4) is 11.6 Å². The molecule has 7 heteroatoms. The van der Waals surface area contributed by atoms with Crippen LogP contribution in [0, 0.1) is 0 Å². The number of benzene rings is 3. The number of piperazine rings is 1. The van der Waals surface area contributed by atoms with Crippen molar-refractivity contribution in [3.05, 3.63) is 115 Å². The zero-order valence-electron chi connectivity index (χ0n) is 20.4. The molecule has 0 amide bonds. The predicted molar refractivity (Wildman–Crippen MR) is 147 cm³/mol. The summed E-state index contributed by atoms with van der Waals surface area (Å²) in [5.41, 5.74) is 10.4. The fourth-order valence-electron chi connectivity index (χ4n) is 5.04. The minimum Gasteiger partial charge on any atom is -0.435 e. The van der Waals surface area contributed by atoms with Gasteiger partial charge in [-0.3, -0.25) is 9.88 Å². The molecule has 1 aliphatic rings. The van der Waals surface area contributed by atoms with Gasteiger partial charge in [0.05, 0.1) is 6.04 Å². The van der Waals surface area contributed by atoms with Gasteiger partial charge >= 0.3 is 0 Å². The van der Waals surface area contributed by atoms with E-state index in [0.29, 0.717) is 23.1 Å². The van der Waals surface area contributed by atoms with E-state index < -0.39 is 0 Å². The second-order valence-electron chi connectivity index (χ2n) is 9.10. The van der Waals surface area contributed by atoms with E-state index in [1.54, 1.807) is 6.20 Å². The van der Waals surface area contributed by atoms with E-state index in [1.165, 1.54) is 17.5 Å². The van der Waals surface area contributed by atoms with E-state index in [-0.39, 0.29) is 6.04 Å². The lowest BCUT2D eigenvalue weighted by Gasteiger charge is -2.40. The lowest BCUT2D eigenvalue weighted by atomic mass is 9.96. The van der Waals surface area contributed by atoms with Crippen molar-refractivity contribution in [2.45, 2.75) is 6.04 Å². The molecule has 1 aliphatic heterocycles. The Balaban J connectivity index is 1.22. The van der Waals surface area contributed by atoms with Gasteiger partial charge in [-0.15, -0.1) is 0 Å². The summed E-state index contributed by atoms with van der Waals surface area (Å²) in [4.78, 5) is 18.1. The number of nitrogens with zero attached hydrogens (tertiary/aromatic N) is 5. The lowest BCUT2D eigenvalue weighted by molar-refractivity contribution is 0.212. The van der Waals surface area contributed by atoms with Crippen molar-refractivity contribution in [1.82, 2.24) is 19.9 Å². The number of rotatable bonds is 6. The molecule has 3 heterocycles. The van der Waals surface area contributed by atoms with E-state index in [4.69, 9.17) is 10.5 Å². The quantitative estimate of drug-likeness (QED) is 0.347. The summed E-state index contributed by atoms with van der Waals surface area (Å²) in [7, 11) is 0. The molecule has 0 atom stereocenters. The van der Waals surface area contributed by atoms with Crippen LogP contribution in [0.5, 0.6) is 11.6 Å². The van der Waals surface area contributed by atoms with Crippen LogP contribution in [0.25, 0.3) is 10.9 Å². The molecule has 0 bridgehead atoms. The standard InChI is InChI=1S/C30H28N6O/c31-26-29(33-21-34-30(26)37-25-15-7-13-22-14-8-16-32-27(22)25)36-19-17-35(18-20-36)28(23-9-3-1-4-10-23)24-11-5-2-6-12-24/h1-16,21,28H,17-20,31H2. The molecule has 37 heavy (non-hydrogen) atoms. The molecular formula is C30H28N6O. The number of pyridine rings is 1. The monoisotopic (exact) mass is 488 g/mol. The van der Waals surface area contributed by atoms with Crippen LogP contribution >= 0.6 is 0 Å². The first-order chi connectivity index (χ1) is 18.3. The topological polar surface area (TPSA) is 80.4 Å². The number of anilines is 2. The molecule has 0 radical (unpaired) electrons. The molecule has 0 aliphatic carbocycles. The molecule has 0 unspecified atom stereocenters. The molecule has 2 aromatic heterocycles. The summed E-state index contributed by atoms with van der Waals surface area (Å²) in [5, 5.41) is 0.996. The Morgan fingerprint density at radius 1 is 0.703 bits per heavy atom. The third-order valence-corrected chi connectivity index (χ3v) is 6.84. The third kappa shape index (κ3) is 4.69. The fraction of sp³-hybridized carbons (Fsp3) is 0.167. The summed E-state index contributed by atoms with van der Waals surface area (Å²) in [5.74, 6) is 1.67. The van der Waals surface area contributed by atoms with Crippen LogP contribution in [0.15, 0.2) is 104 Å². The first-order valence-corrected chi connectivity index (χ1v) is 12.5. The molecule has 0 saturated carbocycles. The van der Waals surface area contributed by atoms with E-state index in [1.807, 2.05) is 30.3 Å². The Morgan fingerprint density at radius 3 is 2.08 bits per heavy atom. The smallest absolute Gasteiger partial charge is 0.248 e. The largest absolute Gasteiger partial charge is 0.435 e. The molecule has 184 valence electrons. The molecule has 1 fully saturated rings. The van der Waals surface area contributed by atoms with Gasteiger partial charge in [0.25, 0.3) is 0 Å². The highest BCUT2D eigenvalue weighted by molar-refractivity contribution is 5.84. The lowest BCUT2D eigenvalue weighted by Crippen LogP contribution is -2.48. The Labute approximate surface area is 216 Å². The number of para-hydroxylation sites is 1. The Morgan fingerprint density at radius 2 is 1.38 bits per heavy atom. The summed E-state index contributed by atoms with van der Waals surface area (Å²) >= 11 is 0. The second kappa shape index (κ2) is 10.2. The molecule has 3 aromatic carbocycles. The van der Waals surface area contributed by atoms with Crippen LogP contribution in [-0.4, -0.2) is 46.0 Å². The first-order valence-electron chi connectivity index (χ1n) is 12.5. The van der Waals surface area contributed by atoms with Gasteiger partial charge in [-0.2, -0.15) is 4.98 Å². The van der Waals surface area contributed by atoms with E-state index >= 15 is 0 Å². The van der Waals surface area contributed by atoms with Gasteiger partial charge in [0.15, 0.2) is 11.6 Å². The fourth-order valence-corrected chi connectivity index (χ4v) is 5.04. The third-order valence-electron chi connectivity index (χ3n) is 6.84. The molecule has 1 saturated heterocycles. The van der Waals surface area contributed by atoms with Crippen molar-refractivity contribution in [1.29, 1.82) is 0 Å². The highest BCUT2D eigenvalue weighted by atomic mass is 16.5. The van der Waals surface area contributed by atoms with Crippen LogP contribution in [0.1, 0.15) is 17.2 Å². The summed E-state index contributed by atoms with van der Waals surface area (Å²) in [6.45, 7) is 3.35. The van der Waals surface area contributed by atoms with Gasteiger partial charge in [0.2, 0.25) is 5.88 Å². The Hall–Kier alpha value is -4.49. The maximum Gasteiger partial charge on any atom is 0.248 e. The van der Waals surface area contributed by atoms with E-state index in [2.05, 4.69) is 85.4 Å². The van der Waals surface area contributed by atoms with Crippen molar-refractivity contribution in [2.24, 2.45) is 0 Å². The molecule has 5 aromatic rings. The van der Waals surface area contributed by atoms with Crippen LogP contribution in [0.3, 0.4) is 0 Å². The SMILES string of the molecule is Nc1c(Oc2cccc3cccnc23)ncnc1N1CCN(C(c2ccccc2)c2ccccc2)CC1. The number of ether oxygens (including phenoxy) is 1. The van der Waals surface area contributed by atoms with Crippen LogP contribution in [0.2, 0.25) is 0 Å². The maximum absolute atomic E-state index is 6.56. The molecule has 2 N–H and O–H groups in total. The maximum atomic E-state index is 6.56. The zero-order valence-corrected chi connectivity index (χ0v) is 20.4. The molecule has 7 nitrogen and oxygen atoms in total. The number of hydrogen-bond acceptors (Lipinski definition) is 7. The second-order valence-corrected chi connectivity index (χ2v) is 9.10. The number of fused-ring (bicyclic) bond motifs is 1. The molecule has 6 rings (SSSR count). The minimum absolute atomic E-state index is 0.199. The molecular weight excluding hydrogens is 460 g/mol. The van der Waals surface area contributed by atoms with Gasteiger partial charge in [-0.25, -0.2) is 4.98 Å². The summed E-state index contributed by atoms with van der Waals surface area (Å²) in [6.07, 6.45) is 3.27. The normalized spacial score (nSPS) is 14.2. The van der Waals surface area contributed by atoms with Crippen molar-refractivity contribution in [3.63, 3.8) is 0 Å². The van der Waals surface area contributed by atoms with Gasteiger partial charge in [0.1, 0.15) is 17.5 Å². The Bertz CT molecular complexity index is 1440. The number of hydrogen-bond donors (Lipinski definition) is 1. The van der Waals surface area contributed by atoms with Crippen molar-refractivity contribution < 1.29 is 4.74 Å². The average molecular weight is 489 g/mol. The number of nitrogens with two attached hydrogens (primary N) is 1. The first kappa shape index (κ1) is 22.9. The Kier molecular flexibility index (Phi) is 6.35. The van der Waals surface area contributed by atoms with Gasteiger partial charge in [0, 0.05) is 37.8 Å². The van der Waals surface area contributed by atoms with Crippen molar-refractivity contribution in [2.75, 3.05) is 36.8 Å². The highest BCUT2D eigenvalue weighted by Crippen LogP contribution is 2.35. The zero-order chi connectivity index (χ0) is 25.0. The number of nitrogen functional groups attached to an aromatic ring is 1. The summed E-state index contributed by atoms with van der Waals surface area (Å²) < 4.78 is 6.15. The number of aromatic nitrogens is 3. The summed E-state index contributed by atoms with van der Waals surface area (Å²) in [6, 6.07) is 31.3. The van der Waals surface area contributed by atoms with E-state index in [0.717, 1.165) is 37.1 Å².